The van der Waals surface area contributed by atoms with Gasteiger partial charge in [0.2, 0.25) is 0 Å². The predicted molar refractivity (Wildman–Crippen MR) is 75.0 cm³/mol. The van der Waals surface area contributed by atoms with Gasteiger partial charge in [-0.25, -0.2) is 0 Å². The molecule has 16 heavy (non-hydrogen) atoms. The molecular formula is C14H21NS. The number of benzene rings is 1. The van der Waals surface area contributed by atoms with Gasteiger partial charge in [0.15, 0.2) is 0 Å². The summed E-state index contributed by atoms with van der Waals surface area (Å²) in [4.78, 5) is 1.31. The number of hydrogen-bond donors (Lipinski definition) is 1. The van der Waals surface area contributed by atoms with Crippen molar-refractivity contribution in [1.29, 1.82) is 0 Å². The SMILES string of the molecule is CCCNC(C)/C=C/c1ccc(SC)cc1. The van der Waals surface area contributed by atoms with E-state index < -0.39 is 0 Å². The minimum atomic E-state index is 0.445. The third-order valence-electron chi connectivity index (χ3n) is 2.41. The van der Waals surface area contributed by atoms with Crippen LogP contribution in [0, 0.1) is 0 Å². The van der Waals surface area contributed by atoms with E-state index in [9.17, 15) is 0 Å². The van der Waals surface area contributed by atoms with E-state index in [0.29, 0.717) is 6.04 Å². The van der Waals surface area contributed by atoms with Gasteiger partial charge < -0.3 is 5.32 Å². The summed E-state index contributed by atoms with van der Waals surface area (Å²) in [6, 6.07) is 9.09. The molecule has 0 saturated heterocycles. The Kier molecular flexibility index (Phi) is 6.27. The maximum absolute atomic E-state index is 3.43. The van der Waals surface area contributed by atoms with Crippen LogP contribution in [0.4, 0.5) is 0 Å². The van der Waals surface area contributed by atoms with E-state index in [2.05, 4.69) is 61.8 Å². The molecule has 88 valence electrons. The summed E-state index contributed by atoms with van der Waals surface area (Å²) in [5.74, 6) is 0. The molecule has 0 aliphatic carbocycles. The van der Waals surface area contributed by atoms with E-state index in [4.69, 9.17) is 0 Å². The molecule has 1 rings (SSSR count). The standard InChI is InChI=1S/C14H21NS/c1-4-11-15-12(2)5-6-13-7-9-14(16-3)10-8-13/h5-10,12,15H,4,11H2,1-3H3/b6-5+. The average molecular weight is 235 g/mol. The van der Waals surface area contributed by atoms with Gasteiger partial charge in [-0.1, -0.05) is 31.2 Å². The Morgan fingerprint density at radius 3 is 2.56 bits per heavy atom. The zero-order valence-corrected chi connectivity index (χ0v) is 11.2. The van der Waals surface area contributed by atoms with Crippen LogP contribution in [0.1, 0.15) is 25.8 Å². The normalized spacial score (nSPS) is 13.2. The first-order chi connectivity index (χ1) is 7.76. The first-order valence-electron chi connectivity index (χ1n) is 5.82. The summed E-state index contributed by atoms with van der Waals surface area (Å²) in [6.45, 7) is 5.45. The topological polar surface area (TPSA) is 12.0 Å². The second-order valence-electron chi connectivity index (χ2n) is 3.88. The Balaban J connectivity index is 2.48. The van der Waals surface area contributed by atoms with Gasteiger partial charge in [-0.15, -0.1) is 11.8 Å². The quantitative estimate of drug-likeness (QED) is 0.753. The predicted octanol–water partition coefficient (Wildman–Crippen LogP) is 3.81. The van der Waals surface area contributed by atoms with Gasteiger partial charge in [0, 0.05) is 10.9 Å². The van der Waals surface area contributed by atoms with Gasteiger partial charge in [0.1, 0.15) is 0 Å². The molecule has 1 atom stereocenters. The fourth-order valence-corrected chi connectivity index (χ4v) is 1.82. The third-order valence-corrected chi connectivity index (χ3v) is 3.15. The van der Waals surface area contributed by atoms with Crippen molar-refractivity contribution in [2.75, 3.05) is 12.8 Å². The minimum absolute atomic E-state index is 0.445. The van der Waals surface area contributed by atoms with Gasteiger partial charge in [0.05, 0.1) is 0 Å². The molecule has 1 N–H and O–H groups in total. The number of rotatable bonds is 6. The summed E-state index contributed by atoms with van der Waals surface area (Å²) in [6.07, 6.45) is 7.67. The highest BCUT2D eigenvalue weighted by Crippen LogP contribution is 2.15. The van der Waals surface area contributed by atoms with Crippen LogP contribution >= 0.6 is 11.8 Å². The Labute approximate surface area is 103 Å². The van der Waals surface area contributed by atoms with Gasteiger partial charge in [-0.2, -0.15) is 0 Å². The first kappa shape index (κ1) is 13.3. The highest BCUT2D eigenvalue weighted by molar-refractivity contribution is 7.98. The molecule has 0 fully saturated rings. The fourth-order valence-electron chi connectivity index (χ4n) is 1.41. The molecule has 0 radical (unpaired) electrons. The third kappa shape index (κ3) is 4.86. The summed E-state index contributed by atoms with van der Waals surface area (Å²) < 4.78 is 0. The highest BCUT2D eigenvalue weighted by atomic mass is 32.2. The summed E-state index contributed by atoms with van der Waals surface area (Å²) in [5, 5.41) is 3.43. The van der Waals surface area contributed by atoms with Gasteiger partial charge in [0.25, 0.3) is 0 Å². The summed E-state index contributed by atoms with van der Waals surface area (Å²) >= 11 is 1.78. The van der Waals surface area contributed by atoms with Crippen molar-refractivity contribution in [2.24, 2.45) is 0 Å². The van der Waals surface area contributed by atoms with E-state index in [1.807, 2.05) is 0 Å². The van der Waals surface area contributed by atoms with Crippen molar-refractivity contribution in [3.63, 3.8) is 0 Å². The zero-order chi connectivity index (χ0) is 11.8. The maximum Gasteiger partial charge on any atom is 0.0224 e. The zero-order valence-electron chi connectivity index (χ0n) is 10.4. The van der Waals surface area contributed by atoms with Crippen molar-refractivity contribution < 1.29 is 0 Å². The lowest BCUT2D eigenvalue weighted by Gasteiger charge is -2.07. The molecule has 0 aliphatic heterocycles. The van der Waals surface area contributed by atoms with E-state index in [-0.39, 0.29) is 0 Å². The van der Waals surface area contributed by atoms with Gasteiger partial charge >= 0.3 is 0 Å². The molecule has 1 nitrogen and oxygen atoms in total. The molecule has 0 spiro atoms. The molecule has 1 aromatic carbocycles. The molecule has 0 aliphatic rings. The average Bonchev–Trinajstić information content (AvgIpc) is 2.34. The maximum atomic E-state index is 3.43. The monoisotopic (exact) mass is 235 g/mol. The fraction of sp³-hybridized carbons (Fsp3) is 0.429. The van der Waals surface area contributed by atoms with Crippen LogP contribution in [0.5, 0.6) is 0 Å². The van der Waals surface area contributed by atoms with Gasteiger partial charge in [-0.05, 0) is 43.8 Å². The molecule has 0 saturated carbocycles. The Morgan fingerprint density at radius 2 is 2.00 bits per heavy atom. The number of hydrogen-bond acceptors (Lipinski definition) is 2. The Hall–Kier alpha value is -0.730. The molecule has 0 heterocycles. The van der Waals surface area contributed by atoms with Crippen LogP contribution in [-0.4, -0.2) is 18.8 Å². The first-order valence-corrected chi connectivity index (χ1v) is 7.04. The van der Waals surface area contributed by atoms with Crippen LogP contribution in [-0.2, 0) is 0 Å². The lowest BCUT2D eigenvalue weighted by atomic mass is 10.2. The van der Waals surface area contributed by atoms with E-state index >= 15 is 0 Å². The van der Waals surface area contributed by atoms with Crippen molar-refractivity contribution in [3.8, 4) is 0 Å². The lowest BCUT2D eigenvalue weighted by Crippen LogP contribution is -2.24. The van der Waals surface area contributed by atoms with Crippen LogP contribution in [0.3, 0.4) is 0 Å². The van der Waals surface area contributed by atoms with Crippen molar-refractivity contribution in [3.05, 3.63) is 35.9 Å². The van der Waals surface area contributed by atoms with Crippen molar-refractivity contribution in [2.45, 2.75) is 31.2 Å². The second kappa shape index (κ2) is 7.53. The van der Waals surface area contributed by atoms with Crippen molar-refractivity contribution >= 4 is 17.8 Å². The summed E-state index contributed by atoms with van der Waals surface area (Å²) in [7, 11) is 0. The lowest BCUT2D eigenvalue weighted by molar-refractivity contribution is 0.625. The summed E-state index contributed by atoms with van der Waals surface area (Å²) in [5.41, 5.74) is 1.27. The largest absolute Gasteiger partial charge is 0.311 e. The van der Waals surface area contributed by atoms with Crippen molar-refractivity contribution in [1.82, 2.24) is 5.32 Å². The molecular weight excluding hydrogens is 214 g/mol. The van der Waals surface area contributed by atoms with E-state index in [0.717, 1.165) is 6.54 Å². The van der Waals surface area contributed by atoms with Crippen LogP contribution in [0.25, 0.3) is 6.08 Å². The number of nitrogens with one attached hydrogen (secondary N) is 1. The van der Waals surface area contributed by atoms with Crippen LogP contribution < -0.4 is 5.32 Å². The van der Waals surface area contributed by atoms with E-state index in [1.165, 1.54) is 16.9 Å². The molecule has 0 amide bonds. The number of thioether (sulfide) groups is 1. The molecule has 1 unspecified atom stereocenters. The minimum Gasteiger partial charge on any atom is -0.311 e. The molecule has 0 aromatic heterocycles. The molecule has 0 bridgehead atoms. The Morgan fingerprint density at radius 1 is 1.31 bits per heavy atom. The highest BCUT2D eigenvalue weighted by Gasteiger charge is 1.94. The smallest absolute Gasteiger partial charge is 0.0224 e. The second-order valence-corrected chi connectivity index (χ2v) is 4.75. The van der Waals surface area contributed by atoms with Crippen LogP contribution in [0.15, 0.2) is 35.2 Å². The Bertz CT molecular complexity index is 316. The van der Waals surface area contributed by atoms with Crippen LogP contribution in [0.2, 0.25) is 0 Å². The molecule has 1 aromatic rings. The molecule has 2 heteroatoms. The van der Waals surface area contributed by atoms with Gasteiger partial charge in [-0.3, -0.25) is 0 Å². The van der Waals surface area contributed by atoms with E-state index in [1.54, 1.807) is 11.8 Å².